The molecule has 27 heavy (non-hydrogen) atoms. The molecule has 0 fully saturated rings. The van der Waals surface area contributed by atoms with E-state index in [2.05, 4.69) is 14.9 Å². The maximum absolute atomic E-state index is 11.5. The van der Waals surface area contributed by atoms with E-state index in [9.17, 15) is 9.90 Å². The third-order valence-electron chi connectivity index (χ3n) is 4.59. The Bertz CT molecular complexity index is 972. The van der Waals surface area contributed by atoms with Gasteiger partial charge in [-0.25, -0.2) is 4.98 Å². The molecule has 0 amide bonds. The number of pyridine rings is 2. The molecule has 3 aromatic rings. The van der Waals surface area contributed by atoms with Gasteiger partial charge in [-0.2, -0.15) is 0 Å². The second kappa shape index (κ2) is 7.07. The van der Waals surface area contributed by atoms with Gasteiger partial charge in [0.05, 0.1) is 6.54 Å². The lowest BCUT2D eigenvalue weighted by Gasteiger charge is -2.21. The van der Waals surface area contributed by atoms with Gasteiger partial charge in [-0.1, -0.05) is 6.07 Å². The fraction of sp³-hybridized carbons (Fsp3) is 0.190. The molecule has 1 aliphatic heterocycles. The zero-order chi connectivity index (χ0) is 18.8. The summed E-state index contributed by atoms with van der Waals surface area (Å²) in [4.78, 5) is 22.1. The van der Waals surface area contributed by atoms with Gasteiger partial charge in [0, 0.05) is 41.8 Å². The molecule has 0 saturated carbocycles. The van der Waals surface area contributed by atoms with Crippen LogP contribution >= 0.6 is 0 Å². The lowest BCUT2D eigenvalue weighted by molar-refractivity contribution is 0.101. The van der Waals surface area contributed by atoms with Crippen molar-refractivity contribution in [2.24, 2.45) is 0 Å². The van der Waals surface area contributed by atoms with E-state index in [1.165, 1.54) is 6.92 Å². The Morgan fingerprint density at radius 2 is 2.07 bits per heavy atom. The number of benzene rings is 1. The van der Waals surface area contributed by atoms with Gasteiger partial charge >= 0.3 is 0 Å². The van der Waals surface area contributed by atoms with Crippen molar-refractivity contribution in [1.82, 2.24) is 9.97 Å². The summed E-state index contributed by atoms with van der Waals surface area (Å²) >= 11 is 0. The van der Waals surface area contributed by atoms with Crippen LogP contribution in [0.3, 0.4) is 0 Å². The third-order valence-corrected chi connectivity index (χ3v) is 4.59. The fourth-order valence-corrected chi connectivity index (χ4v) is 3.18. The van der Waals surface area contributed by atoms with Crippen LogP contribution in [0.5, 0.6) is 11.5 Å². The molecule has 0 atom stereocenters. The number of carbonyl (C=O) groups is 1. The van der Waals surface area contributed by atoms with Crippen molar-refractivity contribution in [1.29, 1.82) is 0 Å². The molecular formula is C21H19N3O3. The lowest BCUT2D eigenvalue weighted by Crippen LogP contribution is -2.26. The summed E-state index contributed by atoms with van der Waals surface area (Å²) in [6.45, 7) is 3.13. The molecule has 4 rings (SSSR count). The fourth-order valence-electron chi connectivity index (χ4n) is 3.18. The summed E-state index contributed by atoms with van der Waals surface area (Å²) in [6, 6.07) is 11.1. The number of fused-ring (bicyclic) bond motifs is 1. The Labute approximate surface area is 157 Å². The minimum absolute atomic E-state index is 0.00960. The van der Waals surface area contributed by atoms with Crippen molar-refractivity contribution in [3.63, 3.8) is 0 Å². The first-order valence-corrected chi connectivity index (χ1v) is 8.73. The zero-order valence-electron chi connectivity index (χ0n) is 14.9. The monoisotopic (exact) mass is 361 g/mol. The highest BCUT2D eigenvalue weighted by atomic mass is 16.5. The Kier molecular flexibility index (Phi) is 4.46. The van der Waals surface area contributed by atoms with Crippen LogP contribution in [-0.2, 0) is 6.54 Å². The molecular weight excluding hydrogens is 342 g/mol. The standard InChI is InChI=1S/C21H19N3O3/c1-14(25)15-4-5-20(23-12-15)24-7-8-27-21-18(13-24)9-17(10-19(21)26)16-3-2-6-22-11-16/h2-6,9-12,26H,7-8,13H2,1H3. The van der Waals surface area contributed by atoms with E-state index >= 15 is 0 Å². The molecule has 0 saturated heterocycles. The highest BCUT2D eigenvalue weighted by Crippen LogP contribution is 2.38. The third kappa shape index (κ3) is 3.46. The summed E-state index contributed by atoms with van der Waals surface area (Å²) in [5, 5.41) is 10.5. The van der Waals surface area contributed by atoms with Crippen LogP contribution in [0.25, 0.3) is 11.1 Å². The van der Waals surface area contributed by atoms with E-state index in [-0.39, 0.29) is 11.5 Å². The van der Waals surface area contributed by atoms with Gasteiger partial charge in [0.15, 0.2) is 17.3 Å². The van der Waals surface area contributed by atoms with Gasteiger partial charge in [-0.3, -0.25) is 9.78 Å². The van der Waals surface area contributed by atoms with E-state index in [4.69, 9.17) is 4.74 Å². The Morgan fingerprint density at radius 1 is 1.19 bits per heavy atom. The number of carbonyl (C=O) groups excluding carboxylic acids is 1. The maximum atomic E-state index is 11.5. The second-order valence-electron chi connectivity index (χ2n) is 6.46. The summed E-state index contributed by atoms with van der Waals surface area (Å²) in [5.41, 5.74) is 3.27. The Morgan fingerprint density at radius 3 is 2.78 bits per heavy atom. The summed E-state index contributed by atoms with van der Waals surface area (Å²) in [6.07, 6.45) is 5.07. The van der Waals surface area contributed by atoms with E-state index < -0.39 is 0 Å². The van der Waals surface area contributed by atoms with Crippen LogP contribution in [0.15, 0.2) is 55.0 Å². The van der Waals surface area contributed by atoms with Gasteiger partial charge < -0.3 is 14.7 Å². The molecule has 0 aliphatic carbocycles. The molecule has 0 radical (unpaired) electrons. The SMILES string of the molecule is CC(=O)c1ccc(N2CCOc3c(O)cc(-c4cccnc4)cc3C2)nc1. The number of aromatic hydroxyl groups is 1. The number of ether oxygens (including phenoxy) is 1. The van der Waals surface area contributed by atoms with Gasteiger partial charge in [0.25, 0.3) is 0 Å². The van der Waals surface area contributed by atoms with Crippen LogP contribution in [0.4, 0.5) is 5.82 Å². The maximum Gasteiger partial charge on any atom is 0.166 e. The molecule has 6 heteroatoms. The molecule has 1 aromatic carbocycles. The molecule has 3 heterocycles. The number of hydrogen-bond acceptors (Lipinski definition) is 6. The van der Waals surface area contributed by atoms with Crippen LogP contribution < -0.4 is 9.64 Å². The van der Waals surface area contributed by atoms with Crippen molar-refractivity contribution in [3.05, 3.63) is 66.1 Å². The smallest absolute Gasteiger partial charge is 0.166 e. The van der Waals surface area contributed by atoms with E-state index in [1.807, 2.05) is 24.3 Å². The molecule has 0 bridgehead atoms. The van der Waals surface area contributed by atoms with E-state index in [0.29, 0.717) is 31.0 Å². The zero-order valence-corrected chi connectivity index (χ0v) is 14.9. The van der Waals surface area contributed by atoms with Crippen molar-refractivity contribution in [3.8, 4) is 22.6 Å². The quantitative estimate of drug-likeness (QED) is 0.720. The minimum atomic E-state index is -0.00960. The number of rotatable bonds is 3. The van der Waals surface area contributed by atoms with Gasteiger partial charge in [0.1, 0.15) is 12.4 Å². The number of hydrogen-bond donors (Lipinski definition) is 1. The molecule has 136 valence electrons. The minimum Gasteiger partial charge on any atom is -0.504 e. The molecule has 1 N–H and O–H groups in total. The van der Waals surface area contributed by atoms with Crippen LogP contribution in [0, 0.1) is 0 Å². The second-order valence-corrected chi connectivity index (χ2v) is 6.46. The topological polar surface area (TPSA) is 75.6 Å². The van der Waals surface area contributed by atoms with Gasteiger partial charge in [0.2, 0.25) is 0 Å². The predicted molar refractivity (Wildman–Crippen MR) is 102 cm³/mol. The Hall–Kier alpha value is -3.41. The summed E-state index contributed by atoms with van der Waals surface area (Å²) < 4.78 is 5.79. The highest BCUT2D eigenvalue weighted by Gasteiger charge is 2.21. The molecule has 2 aromatic heterocycles. The lowest BCUT2D eigenvalue weighted by atomic mass is 10.0. The summed E-state index contributed by atoms with van der Waals surface area (Å²) in [5.74, 6) is 1.38. The van der Waals surface area contributed by atoms with E-state index in [0.717, 1.165) is 22.5 Å². The van der Waals surface area contributed by atoms with Crippen molar-refractivity contribution in [2.75, 3.05) is 18.1 Å². The largest absolute Gasteiger partial charge is 0.504 e. The Balaban J connectivity index is 1.68. The number of aromatic nitrogens is 2. The number of nitrogens with zero attached hydrogens (tertiary/aromatic N) is 3. The number of phenols is 1. The summed E-state index contributed by atoms with van der Waals surface area (Å²) in [7, 11) is 0. The van der Waals surface area contributed by atoms with Crippen molar-refractivity contribution >= 4 is 11.6 Å². The molecule has 1 aliphatic rings. The number of phenolic OH excluding ortho intramolecular Hbond substituents is 1. The first-order valence-electron chi connectivity index (χ1n) is 8.73. The first kappa shape index (κ1) is 17.0. The number of ketones is 1. The van der Waals surface area contributed by atoms with Crippen molar-refractivity contribution in [2.45, 2.75) is 13.5 Å². The number of Topliss-reactive ketones (excluding diaryl/α,β-unsaturated/α-hetero) is 1. The average Bonchev–Trinajstić information content (AvgIpc) is 2.91. The highest BCUT2D eigenvalue weighted by molar-refractivity contribution is 5.93. The molecule has 0 spiro atoms. The van der Waals surface area contributed by atoms with Gasteiger partial charge in [-0.15, -0.1) is 0 Å². The molecule has 6 nitrogen and oxygen atoms in total. The van der Waals surface area contributed by atoms with Crippen LogP contribution in [0.1, 0.15) is 22.8 Å². The van der Waals surface area contributed by atoms with Crippen LogP contribution in [-0.4, -0.2) is 34.0 Å². The van der Waals surface area contributed by atoms with Gasteiger partial charge in [-0.05, 0) is 42.8 Å². The van der Waals surface area contributed by atoms with Crippen molar-refractivity contribution < 1.29 is 14.6 Å². The number of anilines is 1. The first-order chi connectivity index (χ1) is 13.1. The van der Waals surface area contributed by atoms with Crippen LogP contribution in [0.2, 0.25) is 0 Å². The van der Waals surface area contributed by atoms with E-state index in [1.54, 1.807) is 30.7 Å². The normalized spacial score (nSPS) is 13.4. The molecule has 0 unspecified atom stereocenters. The average molecular weight is 361 g/mol. The predicted octanol–water partition coefficient (Wildman–Crippen LogP) is 3.45.